The van der Waals surface area contributed by atoms with Gasteiger partial charge < -0.3 is 10.1 Å². The lowest BCUT2D eigenvalue weighted by Gasteiger charge is -2.15. The molecule has 0 bridgehead atoms. The molecule has 0 aliphatic rings. The molecule has 13 heteroatoms. The van der Waals surface area contributed by atoms with Crippen LogP contribution in [0, 0.1) is 0 Å². The topological polar surface area (TPSA) is 81.9 Å². The van der Waals surface area contributed by atoms with E-state index in [9.17, 15) is 31.1 Å². The van der Waals surface area contributed by atoms with Crippen molar-refractivity contribution in [2.75, 3.05) is 13.8 Å². The highest BCUT2D eigenvalue weighted by molar-refractivity contribution is 6.06. The molecule has 0 aliphatic heterocycles. The maximum absolute atomic E-state index is 13.2. The number of halogens is 6. The van der Waals surface area contributed by atoms with Crippen molar-refractivity contribution in [3.05, 3.63) is 77.4 Å². The zero-order valence-electron chi connectivity index (χ0n) is 17.5. The Kier molecular flexibility index (Phi) is 7.35. The Balaban J connectivity index is 2.06. The minimum Gasteiger partial charge on any atom is -0.369 e. The number of hydrogen-bond acceptors (Lipinski definition) is 6. The van der Waals surface area contributed by atoms with Crippen molar-refractivity contribution in [3.63, 3.8) is 0 Å². The molecular formula is C21H17F6N5O2. The van der Waals surface area contributed by atoms with Gasteiger partial charge >= 0.3 is 12.4 Å². The third-order valence-electron chi connectivity index (χ3n) is 4.48. The number of carbonyl (C=O) groups is 1. The molecular weight excluding hydrogens is 468 g/mol. The van der Waals surface area contributed by atoms with Gasteiger partial charge in [0.1, 0.15) is 12.4 Å². The largest absolute Gasteiger partial charge is 0.416 e. The van der Waals surface area contributed by atoms with E-state index in [-0.39, 0.29) is 29.7 Å². The van der Waals surface area contributed by atoms with Gasteiger partial charge in [-0.3, -0.25) is 9.78 Å². The summed E-state index contributed by atoms with van der Waals surface area (Å²) in [5, 5.41) is 10.3. The first-order valence-electron chi connectivity index (χ1n) is 9.56. The number of pyridine rings is 1. The van der Waals surface area contributed by atoms with Crippen LogP contribution in [0.25, 0.3) is 11.3 Å². The van der Waals surface area contributed by atoms with Crippen LogP contribution in [0.5, 0.6) is 0 Å². The zero-order chi connectivity index (χ0) is 24.9. The van der Waals surface area contributed by atoms with E-state index in [1.165, 1.54) is 37.8 Å². The Labute approximate surface area is 189 Å². The van der Waals surface area contributed by atoms with Gasteiger partial charge in [0.15, 0.2) is 5.69 Å². The van der Waals surface area contributed by atoms with Crippen molar-refractivity contribution >= 4 is 5.78 Å². The van der Waals surface area contributed by atoms with Crippen LogP contribution < -0.4 is 5.32 Å². The normalized spacial score (nSPS) is 12.3. The summed E-state index contributed by atoms with van der Waals surface area (Å²) < 4.78 is 85.2. The lowest BCUT2D eigenvalue weighted by atomic mass is 10.0. The minimum atomic E-state index is -4.99. The lowest BCUT2D eigenvalue weighted by Crippen LogP contribution is -2.13. The molecule has 1 aromatic carbocycles. The van der Waals surface area contributed by atoms with E-state index in [0.29, 0.717) is 17.7 Å². The Bertz CT molecular complexity index is 1140. The molecule has 7 nitrogen and oxygen atoms in total. The van der Waals surface area contributed by atoms with Crippen LogP contribution in [0.3, 0.4) is 0 Å². The van der Waals surface area contributed by atoms with Crippen LogP contribution in [-0.4, -0.2) is 39.6 Å². The summed E-state index contributed by atoms with van der Waals surface area (Å²) in [6, 6.07) is 4.26. The Morgan fingerprint density at radius 3 is 2.24 bits per heavy atom. The lowest BCUT2D eigenvalue weighted by molar-refractivity contribution is -0.143. The monoisotopic (exact) mass is 485 g/mol. The third-order valence-corrected chi connectivity index (χ3v) is 4.48. The van der Waals surface area contributed by atoms with E-state index in [4.69, 9.17) is 4.74 Å². The number of ketones is 1. The highest BCUT2D eigenvalue weighted by Crippen LogP contribution is 2.36. The predicted molar refractivity (Wildman–Crippen MR) is 107 cm³/mol. The summed E-state index contributed by atoms with van der Waals surface area (Å²) in [6.45, 7) is -0.374. The number of benzene rings is 1. The van der Waals surface area contributed by atoms with Gasteiger partial charge in [-0.15, -0.1) is 5.10 Å². The summed E-state index contributed by atoms with van der Waals surface area (Å²) in [7, 11) is 1.44. The van der Waals surface area contributed by atoms with Crippen molar-refractivity contribution in [1.29, 1.82) is 0 Å². The molecule has 0 spiro atoms. The fourth-order valence-corrected chi connectivity index (χ4v) is 3.01. The van der Waals surface area contributed by atoms with Gasteiger partial charge in [-0.1, -0.05) is 5.21 Å². The Morgan fingerprint density at radius 1 is 1.06 bits per heavy atom. The molecule has 3 rings (SSSR count). The van der Waals surface area contributed by atoms with E-state index in [2.05, 4.69) is 20.6 Å². The standard InChI is InChI=1S/C21H17F6N5O2/c1-34-12-29-7-4-17(33)18-19(14-2-5-28-6-3-14)32(31-30-18)11-13-8-15(20(22,23)24)10-16(9-13)21(25,26)27/h2-10,29H,11-12H2,1H3. The van der Waals surface area contributed by atoms with Crippen LogP contribution in [0.15, 0.2) is 55.0 Å². The third kappa shape index (κ3) is 5.98. The van der Waals surface area contributed by atoms with Crippen molar-refractivity contribution in [2.24, 2.45) is 0 Å². The highest BCUT2D eigenvalue weighted by Gasteiger charge is 2.37. The van der Waals surface area contributed by atoms with Crippen LogP contribution in [0.4, 0.5) is 26.3 Å². The summed E-state index contributed by atoms with van der Waals surface area (Å²) >= 11 is 0. The number of rotatable bonds is 8. The van der Waals surface area contributed by atoms with Crippen molar-refractivity contribution in [2.45, 2.75) is 18.9 Å². The Hall–Kier alpha value is -3.74. The van der Waals surface area contributed by atoms with Crippen LogP contribution in [0.2, 0.25) is 0 Å². The predicted octanol–water partition coefficient (Wildman–Crippen LogP) is 4.32. The summed E-state index contributed by atoms with van der Waals surface area (Å²) in [6.07, 6.45) is -4.72. The second-order valence-electron chi connectivity index (χ2n) is 6.93. The average Bonchev–Trinajstić information content (AvgIpc) is 3.19. The van der Waals surface area contributed by atoms with Crippen LogP contribution in [0.1, 0.15) is 27.2 Å². The van der Waals surface area contributed by atoms with Gasteiger partial charge in [0.2, 0.25) is 5.78 Å². The van der Waals surface area contributed by atoms with E-state index < -0.39 is 35.8 Å². The number of aromatic nitrogens is 4. The summed E-state index contributed by atoms with van der Waals surface area (Å²) in [4.78, 5) is 16.5. The Morgan fingerprint density at radius 2 is 1.68 bits per heavy atom. The highest BCUT2D eigenvalue weighted by atomic mass is 19.4. The first-order chi connectivity index (χ1) is 16.0. The first kappa shape index (κ1) is 24.9. The molecule has 0 fully saturated rings. The molecule has 0 atom stereocenters. The summed E-state index contributed by atoms with van der Waals surface area (Å²) in [5.41, 5.74) is -2.87. The van der Waals surface area contributed by atoms with E-state index in [1.807, 2.05) is 0 Å². The van der Waals surface area contributed by atoms with Crippen LogP contribution in [-0.2, 0) is 23.6 Å². The average molecular weight is 485 g/mol. The molecule has 3 aromatic rings. The maximum Gasteiger partial charge on any atom is 0.416 e. The molecule has 34 heavy (non-hydrogen) atoms. The SMILES string of the molecule is COCNC=CC(=O)c1nnn(Cc2cc(C(F)(F)F)cc(C(F)(F)F)c2)c1-c1ccncc1. The fourth-order valence-electron chi connectivity index (χ4n) is 3.01. The number of nitrogens with one attached hydrogen (secondary N) is 1. The molecule has 2 aromatic heterocycles. The minimum absolute atomic E-state index is 0.0430. The van der Waals surface area contributed by atoms with Gasteiger partial charge in [0, 0.05) is 37.3 Å². The molecule has 0 radical (unpaired) electrons. The zero-order valence-corrected chi connectivity index (χ0v) is 17.5. The molecule has 180 valence electrons. The van der Waals surface area contributed by atoms with Crippen LogP contribution >= 0.6 is 0 Å². The molecule has 0 aliphatic carbocycles. The van der Waals surface area contributed by atoms with Gasteiger partial charge in [0.05, 0.1) is 17.7 Å². The van der Waals surface area contributed by atoms with Crippen molar-refractivity contribution in [3.8, 4) is 11.3 Å². The first-order valence-corrected chi connectivity index (χ1v) is 9.56. The molecule has 2 heterocycles. The molecule has 0 saturated carbocycles. The molecule has 0 unspecified atom stereocenters. The van der Waals surface area contributed by atoms with E-state index in [0.717, 1.165) is 10.8 Å². The number of ether oxygens (including phenoxy) is 1. The van der Waals surface area contributed by atoms with Gasteiger partial charge in [-0.2, -0.15) is 26.3 Å². The summed E-state index contributed by atoms with van der Waals surface area (Å²) in [5.74, 6) is -0.596. The van der Waals surface area contributed by atoms with Crippen molar-refractivity contribution < 1.29 is 35.9 Å². The van der Waals surface area contributed by atoms with Gasteiger partial charge in [-0.05, 0) is 35.9 Å². The quantitative estimate of drug-likeness (QED) is 0.168. The number of hydrogen-bond donors (Lipinski definition) is 1. The number of carbonyl (C=O) groups excluding carboxylic acids is 1. The molecule has 1 N–H and O–H groups in total. The number of alkyl halides is 6. The number of allylic oxidation sites excluding steroid dienone is 1. The second-order valence-corrected chi connectivity index (χ2v) is 6.93. The van der Waals surface area contributed by atoms with Gasteiger partial charge in [-0.25, -0.2) is 4.68 Å². The second kappa shape index (κ2) is 10.0. The fraction of sp³-hybridized carbons (Fsp3) is 0.238. The number of methoxy groups -OCH3 is 1. The molecule has 0 saturated heterocycles. The number of nitrogens with zero attached hydrogens (tertiary/aromatic N) is 4. The van der Waals surface area contributed by atoms with E-state index in [1.54, 1.807) is 0 Å². The van der Waals surface area contributed by atoms with Gasteiger partial charge in [0.25, 0.3) is 0 Å². The smallest absolute Gasteiger partial charge is 0.369 e. The maximum atomic E-state index is 13.2. The molecule has 0 amide bonds. The van der Waals surface area contributed by atoms with E-state index >= 15 is 0 Å². The van der Waals surface area contributed by atoms with Crippen molar-refractivity contribution in [1.82, 2.24) is 25.3 Å².